The molecule has 1 aromatic carbocycles. The summed E-state index contributed by atoms with van der Waals surface area (Å²) in [5.41, 5.74) is 5.70. The number of nitrogens with two attached hydrogens (primary N) is 1. The minimum absolute atomic E-state index is 0.0412. The number of benzene rings is 1. The van der Waals surface area contributed by atoms with Crippen molar-refractivity contribution in [1.29, 1.82) is 0 Å². The van der Waals surface area contributed by atoms with Crippen molar-refractivity contribution in [3.05, 3.63) is 40.5 Å². The van der Waals surface area contributed by atoms with Crippen molar-refractivity contribution in [3.63, 3.8) is 0 Å². The van der Waals surface area contributed by atoms with Crippen molar-refractivity contribution in [1.82, 2.24) is 0 Å². The average molecular weight is 251 g/mol. The van der Waals surface area contributed by atoms with Gasteiger partial charge in [0, 0.05) is 13.1 Å². The van der Waals surface area contributed by atoms with E-state index in [0.29, 0.717) is 25.4 Å². The molecule has 0 atom stereocenters. The summed E-state index contributed by atoms with van der Waals surface area (Å²) in [6.45, 7) is 3.10. The summed E-state index contributed by atoms with van der Waals surface area (Å²) in [4.78, 5) is 10.6. The Labute approximate surface area is 106 Å². The van der Waals surface area contributed by atoms with Crippen molar-refractivity contribution in [3.8, 4) is 5.75 Å². The molecule has 0 aliphatic rings. The predicted molar refractivity (Wildman–Crippen MR) is 70.9 cm³/mol. The number of hydrogen-bond donors (Lipinski definition) is 2. The largest absolute Gasteiger partial charge is 0.487 e. The monoisotopic (exact) mass is 251 g/mol. The Morgan fingerprint density at radius 1 is 1.50 bits per heavy atom. The molecule has 1 aromatic rings. The van der Waals surface area contributed by atoms with Gasteiger partial charge in [-0.15, -0.1) is 0 Å². The summed E-state index contributed by atoms with van der Waals surface area (Å²) in [6, 6.07) is 4.95. The zero-order chi connectivity index (χ0) is 13.4. The van der Waals surface area contributed by atoms with Gasteiger partial charge in [-0.05, 0) is 19.1 Å². The van der Waals surface area contributed by atoms with E-state index in [1.54, 1.807) is 31.2 Å². The normalized spacial score (nSPS) is 10.6. The van der Waals surface area contributed by atoms with E-state index < -0.39 is 4.92 Å². The molecule has 6 heteroatoms. The van der Waals surface area contributed by atoms with Crippen LogP contribution in [0.25, 0.3) is 0 Å². The van der Waals surface area contributed by atoms with Crippen LogP contribution in [0.5, 0.6) is 5.75 Å². The topological polar surface area (TPSA) is 90.4 Å². The maximum atomic E-state index is 11.1. The van der Waals surface area contributed by atoms with E-state index in [9.17, 15) is 10.1 Å². The van der Waals surface area contributed by atoms with E-state index in [0.717, 1.165) is 0 Å². The summed E-state index contributed by atoms with van der Waals surface area (Å²) in [7, 11) is 0. The van der Waals surface area contributed by atoms with Gasteiger partial charge in [0.25, 0.3) is 0 Å². The first kappa shape index (κ1) is 14.0. The highest BCUT2D eigenvalue weighted by Gasteiger charge is 2.20. The van der Waals surface area contributed by atoms with Crippen molar-refractivity contribution in [2.24, 2.45) is 5.73 Å². The Morgan fingerprint density at radius 3 is 2.89 bits per heavy atom. The SMILES string of the molecule is CCOc1cccc(NC/C=C/CN)c1[N+](=O)[O-]. The first-order chi connectivity index (χ1) is 8.70. The van der Waals surface area contributed by atoms with Gasteiger partial charge in [-0.1, -0.05) is 18.2 Å². The van der Waals surface area contributed by atoms with Crippen LogP contribution in [-0.2, 0) is 0 Å². The standard InChI is InChI=1S/C12H17N3O3/c1-2-18-11-7-5-6-10(12(11)15(16)17)14-9-4-3-8-13/h3-7,14H,2,8-9,13H2,1H3/b4-3+. The molecule has 0 amide bonds. The smallest absolute Gasteiger partial charge is 0.333 e. The molecule has 0 aliphatic heterocycles. The Kier molecular flexibility index (Phi) is 5.66. The highest BCUT2D eigenvalue weighted by atomic mass is 16.6. The molecule has 98 valence electrons. The molecule has 0 unspecified atom stereocenters. The van der Waals surface area contributed by atoms with Gasteiger partial charge in [0.05, 0.1) is 11.5 Å². The zero-order valence-electron chi connectivity index (χ0n) is 10.3. The highest BCUT2D eigenvalue weighted by Crippen LogP contribution is 2.34. The van der Waals surface area contributed by atoms with Gasteiger partial charge in [-0.2, -0.15) is 0 Å². The second kappa shape index (κ2) is 7.29. The van der Waals surface area contributed by atoms with Crippen molar-refractivity contribution >= 4 is 11.4 Å². The van der Waals surface area contributed by atoms with Gasteiger partial charge in [0.2, 0.25) is 0 Å². The fourth-order valence-electron chi connectivity index (χ4n) is 1.47. The maximum absolute atomic E-state index is 11.1. The number of nitro groups is 1. The number of nitrogens with one attached hydrogen (secondary N) is 1. The minimum atomic E-state index is -0.444. The molecule has 0 heterocycles. The van der Waals surface area contributed by atoms with Crippen molar-refractivity contribution < 1.29 is 9.66 Å². The molecule has 0 spiro atoms. The number of rotatable bonds is 7. The van der Waals surface area contributed by atoms with Crippen LogP contribution in [0.3, 0.4) is 0 Å². The van der Waals surface area contributed by atoms with Gasteiger partial charge < -0.3 is 15.8 Å². The van der Waals surface area contributed by atoms with E-state index in [4.69, 9.17) is 10.5 Å². The van der Waals surface area contributed by atoms with Gasteiger partial charge in [0.15, 0.2) is 5.75 Å². The van der Waals surface area contributed by atoms with Crippen LogP contribution in [0.4, 0.5) is 11.4 Å². The average Bonchev–Trinajstić information content (AvgIpc) is 2.35. The molecule has 0 aliphatic carbocycles. The van der Waals surface area contributed by atoms with Crippen LogP contribution in [0.1, 0.15) is 6.92 Å². The minimum Gasteiger partial charge on any atom is -0.487 e. The molecule has 18 heavy (non-hydrogen) atoms. The fourth-order valence-corrected chi connectivity index (χ4v) is 1.47. The molecule has 3 N–H and O–H groups in total. The Balaban J connectivity index is 2.92. The summed E-state index contributed by atoms with van der Waals surface area (Å²) in [5, 5.41) is 14.0. The first-order valence-corrected chi connectivity index (χ1v) is 5.69. The third kappa shape index (κ3) is 3.74. The van der Waals surface area contributed by atoms with Gasteiger partial charge in [-0.3, -0.25) is 10.1 Å². The highest BCUT2D eigenvalue weighted by molar-refractivity contribution is 5.68. The van der Waals surface area contributed by atoms with Crippen LogP contribution < -0.4 is 15.8 Å². The molecule has 0 radical (unpaired) electrons. The molecule has 0 aromatic heterocycles. The van der Waals surface area contributed by atoms with Crippen LogP contribution >= 0.6 is 0 Å². The van der Waals surface area contributed by atoms with E-state index in [1.165, 1.54) is 0 Å². The quantitative estimate of drug-likeness (QED) is 0.439. The fraction of sp³-hybridized carbons (Fsp3) is 0.333. The Bertz CT molecular complexity index is 433. The number of anilines is 1. The van der Waals surface area contributed by atoms with Gasteiger partial charge in [0.1, 0.15) is 5.69 Å². The third-order valence-electron chi connectivity index (χ3n) is 2.19. The van der Waals surface area contributed by atoms with Gasteiger partial charge >= 0.3 is 5.69 Å². The molecule has 6 nitrogen and oxygen atoms in total. The number of para-hydroxylation sites is 1. The van der Waals surface area contributed by atoms with Gasteiger partial charge in [-0.25, -0.2) is 0 Å². The summed E-state index contributed by atoms with van der Waals surface area (Å²) >= 11 is 0. The Morgan fingerprint density at radius 2 is 2.28 bits per heavy atom. The lowest BCUT2D eigenvalue weighted by atomic mass is 10.2. The first-order valence-electron chi connectivity index (χ1n) is 5.69. The molecular formula is C12H17N3O3. The third-order valence-corrected chi connectivity index (χ3v) is 2.19. The number of hydrogen-bond acceptors (Lipinski definition) is 5. The molecule has 0 saturated heterocycles. The molecule has 1 rings (SSSR count). The van der Waals surface area contributed by atoms with E-state index in [2.05, 4.69) is 5.32 Å². The van der Waals surface area contributed by atoms with E-state index in [1.807, 2.05) is 6.08 Å². The lowest BCUT2D eigenvalue weighted by molar-refractivity contribution is -0.384. The predicted octanol–water partition coefficient (Wildman–Crippen LogP) is 1.92. The molecule has 0 saturated carbocycles. The van der Waals surface area contributed by atoms with Crippen LogP contribution in [-0.4, -0.2) is 24.6 Å². The Hall–Kier alpha value is -2.08. The van der Waals surface area contributed by atoms with E-state index >= 15 is 0 Å². The second-order valence-electron chi connectivity index (χ2n) is 3.43. The van der Waals surface area contributed by atoms with Crippen molar-refractivity contribution in [2.75, 3.05) is 25.0 Å². The zero-order valence-corrected chi connectivity index (χ0v) is 10.3. The van der Waals surface area contributed by atoms with Crippen LogP contribution in [0, 0.1) is 10.1 Å². The molecule has 0 bridgehead atoms. The lowest BCUT2D eigenvalue weighted by Crippen LogP contribution is -2.05. The lowest BCUT2D eigenvalue weighted by Gasteiger charge is -2.09. The number of ether oxygens (including phenoxy) is 1. The summed E-state index contributed by atoms with van der Waals surface area (Å²) < 4.78 is 5.25. The van der Waals surface area contributed by atoms with Crippen molar-refractivity contribution in [2.45, 2.75) is 6.92 Å². The second-order valence-corrected chi connectivity index (χ2v) is 3.43. The summed E-state index contributed by atoms with van der Waals surface area (Å²) in [6.07, 6.45) is 3.60. The molecular weight excluding hydrogens is 234 g/mol. The maximum Gasteiger partial charge on any atom is 0.333 e. The summed E-state index contributed by atoms with van der Waals surface area (Å²) in [5.74, 6) is 0.273. The van der Waals surface area contributed by atoms with E-state index in [-0.39, 0.29) is 11.4 Å². The van der Waals surface area contributed by atoms with Crippen LogP contribution in [0.15, 0.2) is 30.4 Å². The van der Waals surface area contributed by atoms with Crippen LogP contribution in [0.2, 0.25) is 0 Å². The molecule has 0 fully saturated rings. The number of nitro benzene ring substituents is 1. The number of nitrogens with zero attached hydrogens (tertiary/aromatic N) is 1.